The lowest BCUT2D eigenvalue weighted by molar-refractivity contribution is -0.169. The topological polar surface area (TPSA) is 44.8 Å². The highest BCUT2D eigenvalue weighted by atomic mass is 16.6. The van der Waals surface area contributed by atoms with E-state index in [1.807, 2.05) is 6.92 Å². The van der Waals surface area contributed by atoms with Crippen molar-refractivity contribution in [3.63, 3.8) is 0 Å². The van der Waals surface area contributed by atoms with E-state index in [1.165, 1.54) is 0 Å². The van der Waals surface area contributed by atoms with E-state index in [9.17, 15) is 4.79 Å². The number of carbonyl (C=O) groups excluding carboxylic acids is 1. The number of ether oxygens (including phenoxy) is 3. The Hall–Kier alpha value is -0.450. The number of hydrogen-bond donors (Lipinski definition) is 0. The molecule has 1 aliphatic heterocycles. The molecule has 15 heavy (non-hydrogen) atoms. The first-order valence-corrected chi connectivity index (χ1v) is 5.68. The molecule has 3 atom stereocenters. The van der Waals surface area contributed by atoms with Crippen molar-refractivity contribution in [2.75, 3.05) is 19.8 Å². The monoisotopic (exact) mass is 214 g/mol. The van der Waals surface area contributed by atoms with Gasteiger partial charge in [0.05, 0.1) is 18.8 Å². The van der Waals surface area contributed by atoms with Gasteiger partial charge in [0.25, 0.3) is 0 Å². The lowest BCUT2D eigenvalue weighted by atomic mass is 9.90. The zero-order valence-electron chi connectivity index (χ0n) is 9.11. The maximum atomic E-state index is 11.2. The van der Waals surface area contributed by atoms with Crippen molar-refractivity contribution in [3.05, 3.63) is 0 Å². The summed E-state index contributed by atoms with van der Waals surface area (Å²) < 4.78 is 16.4. The summed E-state index contributed by atoms with van der Waals surface area (Å²) in [7, 11) is 0. The van der Waals surface area contributed by atoms with Crippen molar-refractivity contribution in [2.45, 2.75) is 44.5 Å². The third kappa shape index (κ3) is 2.56. The van der Waals surface area contributed by atoms with Crippen LogP contribution in [0.25, 0.3) is 0 Å². The molecule has 0 amide bonds. The molecule has 0 bridgehead atoms. The summed E-state index contributed by atoms with van der Waals surface area (Å²) in [4.78, 5) is 11.2. The molecule has 1 saturated heterocycles. The second-order valence-electron chi connectivity index (χ2n) is 4.05. The molecule has 0 N–H and O–H groups in total. The summed E-state index contributed by atoms with van der Waals surface area (Å²) in [5.41, 5.74) is 0. The minimum atomic E-state index is -0.323. The molecule has 4 heteroatoms. The van der Waals surface area contributed by atoms with Gasteiger partial charge in [0.1, 0.15) is 6.10 Å². The van der Waals surface area contributed by atoms with Crippen LogP contribution in [0.15, 0.2) is 0 Å². The lowest BCUT2D eigenvalue weighted by Crippen LogP contribution is -2.51. The Balaban J connectivity index is 1.68. The van der Waals surface area contributed by atoms with E-state index in [0.29, 0.717) is 19.6 Å². The fourth-order valence-corrected chi connectivity index (χ4v) is 2.00. The molecule has 0 radical (unpaired) electrons. The molecule has 86 valence electrons. The van der Waals surface area contributed by atoms with Crippen LogP contribution in [0.2, 0.25) is 0 Å². The van der Waals surface area contributed by atoms with Crippen LogP contribution in [-0.2, 0) is 19.0 Å². The number of carbonyl (C=O) groups is 1. The fourth-order valence-electron chi connectivity index (χ4n) is 2.00. The van der Waals surface area contributed by atoms with Gasteiger partial charge in [-0.25, -0.2) is 0 Å². The lowest BCUT2D eigenvalue weighted by Gasteiger charge is -2.34. The van der Waals surface area contributed by atoms with E-state index < -0.39 is 0 Å². The third-order valence-corrected chi connectivity index (χ3v) is 2.92. The normalized spacial score (nSPS) is 35.5. The van der Waals surface area contributed by atoms with Gasteiger partial charge in [-0.15, -0.1) is 0 Å². The second kappa shape index (κ2) is 5.05. The van der Waals surface area contributed by atoms with E-state index >= 15 is 0 Å². The zero-order valence-corrected chi connectivity index (χ0v) is 9.11. The van der Waals surface area contributed by atoms with Gasteiger partial charge in [-0.2, -0.15) is 0 Å². The Bertz CT molecular complexity index is 223. The molecule has 3 unspecified atom stereocenters. The predicted octanol–water partition coefficient (Wildman–Crippen LogP) is 0.928. The van der Waals surface area contributed by atoms with Crippen molar-refractivity contribution in [1.82, 2.24) is 0 Å². The average Bonchev–Trinajstić information content (AvgIpc) is 2.73. The summed E-state index contributed by atoms with van der Waals surface area (Å²) in [6, 6.07) is 0. The Morgan fingerprint density at radius 1 is 1.47 bits per heavy atom. The molecule has 0 spiro atoms. The maximum Gasteiger partial charge on any atom is 0.166 e. The molecule has 4 nitrogen and oxygen atoms in total. The summed E-state index contributed by atoms with van der Waals surface area (Å²) in [6.07, 6.45) is 2.55. The zero-order chi connectivity index (χ0) is 10.7. The molecule has 1 aliphatic carbocycles. The van der Waals surface area contributed by atoms with Crippen LogP contribution in [0.5, 0.6) is 0 Å². The molecule has 2 rings (SSSR count). The first kappa shape index (κ1) is 11.0. The first-order valence-electron chi connectivity index (χ1n) is 5.68. The van der Waals surface area contributed by atoms with Crippen molar-refractivity contribution >= 4 is 5.78 Å². The van der Waals surface area contributed by atoms with Gasteiger partial charge in [-0.3, -0.25) is 4.79 Å². The highest BCUT2D eigenvalue weighted by molar-refractivity contribution is 5.90. The van der Waals surface area contributed by atoms with E-state index in [-0.39, 0.29) is 24.1 Å². The van der Waals surface area contributed by atoms with E-state index in [2.05, 4.69) is 0 Å². The largest absolute Gasteiger partial charge is 0.376 e. The molecular formula is C11H18O4. The average molecular weight is 214 g/mol. The van der Waals surface area contributed by atoms with Crippen LogP contribution in [-0.4, -0.2) is 43.9 Å². The number of Topliss-reactive ketones (excluding diaryl/α,β-unsaturated/α-hetero) is 1. The summed E-state index contributed by atoms with van der Waals surface area (Å²) in [6.45, 7) is 3.90. The van der Waals surface area contributed by atoms with Gasteiger partial charge in [0, 0.05) is 19.6 Å². The molecule has 0 aromatic rings. The van der Waals surface area contributed by atoms with Crippen LogP contribution in [0.4, 0.5) is 0 Å². The van der Waals surface area contributed by atoms with E-state index in [1.54, 1.807) is 0 Å². The fraction of sp³-hybridized carbons (Fsp3) is 0.909. The minimum absolute atomic E-state index is 0.0401. The second-order valence-corrected chi connectivity index (χ2v) is 4.05. The van der Waals surface area contributed by atoms with Crippen LogP contribution in [0.3, 0.4) is 0 Å². The molecule has 0 aromatic carbocycles. The van der Waals surface area contributed by atoms with Gasteiger partial charge in [0.15, 0.2) is 5.78 Å². The number of rotatable bonds is 5. The highest BCUT2D eigenvalue weighted by Crippen LogP contribution is 2.24. The molecular weight excluding hydrogens is 196 g/mol. The maximum absolute atomic E-state index is 11.2. The molecule has 1 heterocycles. The number of ketones is 1. The SMILES string of the molecule is CCOC1C(=O)CC1OCC1CCCO1. The summed E-state index contributed by atoms with van der Waals surface area (Å²) >= 11 is 0. The van der Waals surface area contributed by atoms with Gasteiger partial charge in [-0.1, -0.05) is 0 Å². The van der Waals surface area contributed by atoms with Gasteiger partial charge < -0.3 is 14.2 Å². The summed E-state index contributed by atoms with van der Waals surface area (Å²) in [5, 5.41) is 0. The Labute approximate surface area is 89.9 Å². The van der Waals surface area contributed by atoms with Crippen LogP contribution < -0.4 is 0 Å². The van der Waals surface area contributed by atoms with Crippen molar-refractivity contribution in [3.8, 4) is 0 Å². The van der Waals surface area contributed by atoms with Crippen molar-refractivity contribution < 1.29 is 19.0 Å². The highest BCUT2D eigenvalue weighted by Gasteiger charge is 2.41. The first-order chi connectivity index (χ1) is 7.31. The minimum Gasteiger partial charge on any atom is -0.376 e. The quantitative estimate of drug-likeness (QED) is 0.683. The van der Waals surface area contributed by atoms with Crippen molar-refractivity contribution in [1.29, 1.82) is 0 Å². The van der Waals surface area contributed by atoms with E-state index in [0.717, 1.165) is 19.4 Å². The number of hydrogen-bond acceptors (Lipinski definition) is 4. The predicted molar refractivity (Wildman–Crippen MR) is 53.8 cm³/mol. The van der Waals surface area contributed by atoms with Crippen LogP contribution >= 0.6 is 0 Å². The Morgan fingerprint density at radius 3 is 2.93 bits per heavy atom. The third-order valence-electron chi connectivity index (χ3n) is 2.92. The van der Waals surface area contributed by atoms with Crippen molar-refractivity contribution in [2.24, 2.45) is 0 Å². The molecule has 1 saturated carbocycles. The molecule has 0 aromatic heterocycles. The van der Waals surface area contributed by atoms with Gasteiger partial charge in [-0.05, 0) is 19.8 Å². The smallest absolute Gasteiger partial charge is 0.166 e. The van der Waals surface area contributed by atoms with Gasteiger partial charge >= 0.3 is 0 Å². The van der Waals surface area contributed by atoms with Crippen LogP contribution in [0.1, 0.15) is 26.2 Å². The van der Waals surface area contributed by atoms with Crippen LogP contribution in [0, 0.1) is 0 Å². The Kier molecular flexibility index (Phi) is 3.72. The molecule has 2 aliphatic rings. The van der Waals surface area contributed by atoms with Gasteiger partial charge in [0.2, 0.25) is 0 Å². The summed E-state index contributed by atoms with van der Waals surface area (Å²) in [5.74, 6) is 0.161. The molecule has 2 fully saturated rings. The van der Waals surface area contributed by atoms with E-state index in [4.69, 9.17) is 14.2 Å². The standard InChI is InChI=1S/C11H18O4/c1-2-13-11-9(12)6-10(11)15-7-8-4-3-5-14-8/h8,10-11H,2-7H2,1H3. The Morgan fingerprint density at radius 2 is 2.33 bits per heavy atom.